The number of amides is 1. The van der Waals surface area contributed by atoms with Gasteiger partial charge in [0.05, 0.1) is 5.54 Å². The highest BCUT2D eigenvalue weighted by Gasteiger charge is 2.43. The first-order chi connectivity index (χ1) is 7.56. The number of hydrogen-bond donors (Lipinski definition) is 1. The van der Waals surface area contributed by atoms with Gasteiger partial charge in [0.25, 0.3) is 5.91 Å². The van der Waals surface area contributed by atoms with Gasteiger partial charge in [-0.3, -0.25) is 4.79 Å². The van der Waals surface area contributed by atoms with Crippen molar-refractivity contribution in [1.82, 2.24) is 5.32 Å². The van der Waals surface area contributed by atoms with Gasteiger partial charge in [-0.05, 0) is 37.5 Å². The minimum Gasteiger partial charge on any atom is -0.345 e. The molecule has 0 spiro atoms. The second kappa shape index (κ2) is 4.27. The SMILES string of the molecule is Cc1ccc(Cl)cc1C(=O)NC1(CCl)CC1. The van der Waals surface area contributed by atoms with Crippen molar-refractivity contribution in [3.63, 3.8) is 0 Å². The summed E-state index contributed by atoms with van der Waals surface area (Å²) in [5, 5.41) is 3.55. The predicted molar refractivity (Wildman–Crippen MR) is 66.3 cm³/mol. The third-order valence-corrected chi connectivity index (χ3v) is 3.68. The first kappa shape index (κ1) is 11.7. The van der Waals surface area contributed by atoms with E-state index in [-0.39, 0.29) is 11.4 Å². The highest BCUT2D eigenvalue weighted by atomic mass is 35.5. The van der Waals surface area contributed by atoms with Crippen molar-refractivity contribution in [1.29, 1.82) is 0 Å². The quantitative estimate of drug-likeness (QED) is 0.829. The molecule has 0 radical (unpaired) electrons. The van der Waals surface area contributed by atoms with Gasteiger partial charge < -0.3 is 5.32 Å². The molecule has 1 aliphatic carbocycles. The molecule has 2 nitrogen and oxygen atoms in total. The Bertz CT molecular complexity index is 427. The molecule has 1 saturated carbocycles. The second-order valence-corrected chi connectivity index (χ2v) is 5.03. The van der Waals surface area contributed by atoms with Crippen LogP contribution in [0.5, 0.6) is 0 Å². The summed E-state index contributed by atoms with van der Waals surface area (Å²) >= 11 is 11.7. The van der Waals surface area contributed by atoms with Crippen LogP contribution in [0.15, 0.2) is 18.2 Å². The molecule has 0 bridgehead atoms. The molecular weight excluding hydrogens is 245 g/mol. The number of benzene rings is 1. The minimum absolute atomic E-state index is 0.0850. The molecule has 1 aromatic carbocycles. The fourth-order valence-corrected chi connectivity index (χ4v) is 2.10. The molecule has 1 N–H and O–H groups in total. The van der Waals surface area contributed by atoms with E-state index in [2.05, 4.69) is 5.32 Å². The molecule has 1 aromatic rings. The van der Waals surface area contributed by atoms with Gasteiger partial charge in [0.1, 0.15) is 0 Å². The molecule has 1 fully saturated rings. The fourth-order valence-electron chi connectivity index (χ4n) is 1.59. The molecular formula is C12H13Cl2NO. The van der Waals surface area contributed by atoms with E-state index < -0.39 is 0 Å². The van der Waals surface area contributed by atoms with Crippen molar-refractivity contribution in [3.05, 3.63) is 34.3 Å². The Morgan fingerprint density at radius 1 is 1.50 bits per heavy atom. The molecule has 2 rings (SSSR count). The van der Waals surface area contributed by atoms with Gasteiger partial charge in [-0.15, -0.1) is 11.6 Å². The zero-order valence-electron chi connectivity index (χ0n) is 9.02. The van der Waals surface area contributed by atoms with E-state index in [1.165, 1.54) is 0 Å². The zero-order chi connectivity index (χ0) is 11.8. The van der Waals surface area contributed by atoms with Gasteiger partial charge in [0, 0.05) is 16.5 Å². The van der Waals surface area contributed by atoms with Crippen LogP contribution in [0.3, 0.4) is 0 Å². The van der Waals surface area contributed by atoms with Crippen LogP contribution in [0.1, 0.15) is 28.8 Å². The maximum atomic E-state index is 12.0. The van der Waals surface area contributed by atoms with E-state index in [4.69, 9.17) is 23.2 Å². The van der Waals surface area contributed by atoms with Crippen molar-refractivity contribution in [3.8, 4) is 0 Å². The normalized spacial score (nSPS) is 16.9. The average molecular weight is 258 g/mol. The third kappa shape index (κ3) is 2.33. The van der Waals surface area contributed by atoms with Crippen molar-refractivity contribution >= 4 is 29.1 Å². The Morgan fingerprint density at radius 3 is 2.75 bits per heavy atom. The molecule has 0 saturated heterocycles. The van der Waals surface area contributed by atoms with E-state index >= 15 is 0 Å². The summed E-state index contributed by atoms with van der Waals surface area (Å²) in [6, 6.07) is 5.32. The van der Waals surface area contributed by atoms with Gasteiger partial charge in [0.15, 0.2) is 0 Å². The minimum atomic E-state index is -0.173. The van der Waals surface area contributed by atoms with Crippen LogP contribution in [0.4, 0.5) is 0 Å². The van der Waals surface area contributed by atoms with Gasteiger partial charge in [-0.1, -0.05) is 17.7 Å². The molecule has 4 heteroatoms. The molecule has 16 heavy (non-hydrogen) atoms. The Balaban J connectivity index is 2.17. The van der Waals surface area contributed by atoms with Crippen LogP contribution in [0.25, 0.3) is 0 Å². The summed E-state index contributed by atoms with van der Waals surface area (Å²) in [5.74, 6) is 0.386. The molecule has 86 valence electrons. The van der Waals surface area contributed by atoms with Gasteiger partial charge >= 0.3 is 0 Å². The maximum absolute atomic E-state index is 12.0. The van der Waals surface area contributed by atoms with Gasteiger partial charge in [0.2, 0.25) is 0 Å². The Morgan fingerprint density at radius 2 is 2.19 bits per heavy atom. The number of nitrogens with one attached hydrogen (secondary N) is 1. The molecule has 1 amide bonds. The predicted octanol–water partition coefficient (Wildman–Crippen LogP) is 3.15. The van der Waals surface area contributed by atoms with Crippen LogP contribution in [-0.2, 0) is 0 Å². The lowest BCUT2D eigenvalue weighted by Gasteiger charge is -2.15. The Labute approximate surface area is 105 Å². The van der Waals surface area contributed by atoms with E-state index in [1.807, 2.05) is 13.0 Å². The number of carbonyl (C=O) groups excluding carboxylic acids is 1. The highest BCUT2D eigenvalue weighted by molar-refractivity contribution is 6.31. The fraction of sp³-hybridized carbons (Fsp3) is 0.417. The first-order valence-corrected chi connectivity index (χ1v) is 6.12. The van der Waals surface area contributed by atoms with E-state index in [0.29, 0.717) is 16.5 Å². The van der Waals surface area contributed by atoms with Crippen molar-refractivity contribution in [2.45, 2.75) is 25.3 Å². The second-order valence-electron chi connectivity index (χ2n) is 4.33. The van der Waals surface area contributed by atoms with Crippen molar-refractivity contribution in [2.75, 3.05) is 5.88 Å². The number of hydrogen-bond acceptors (Lipinski definition) is 1. The van der Waals surface area contributed by atoms with Gasteiger partial charge in [-0.2, -0.15) is 0 Å². The molecule has 0 heterocycles. The number of alkyl halides is 1. The highest BCUT2D eigenvalue weighted by Crippen LogP contribution is 2.36. The van der Waals surface area contributed by atoms with Crippen molar-refractivity contribution < 1.29 is 4.79 Å². The van der Waals surface area contributed by atoms with Crippen molar-refractivity contribution in [2.24, 2.45) is 0 Å². The topological polar surface area (TPSA) is 29.1 Å². The lowest BCUT2D eigenvalue weighted by molar-refractivity contribution is 0.0935. The lowest BCUT2D eigenvalue weighted by atomic mass is 10.1. The van der Waals surface area contributed by atoms with Crippen LogP contribution >= 0.6 is 23.2 Å². The van der Waals surface area contributed by atoms with E-state index in [1.54, 1.807) is 12.1 Å². The number of rotatable bonds is 3. The molecule has 1 aliphatic rings. The largest absolute Gasteiger partial charge is 0.345 e. The summed E-state index contributed by atoms with van der Waals surface area (Å²) < 4.78 is 0. The summed E-state index contributed by atoms with van der Waals surface area (Å²) in [4.78, 5) is 12.0. The maximum Gasteiger partial charge on any atom is 0.252 e. The summed E-state index contributed by atoms with van der Waals surface area (Å²) in [7, 11) is 0. The van der Waals surface area contributed by atoms with Crippen LogP contribution in [0.2, 0.25) is 5.02 Å². The average Bonchev–Trinajstić information content (AvgIpc) is 3.02. The van der Waals surface area contributed by atoms with E-state index in [0.717, 1.165) is 18.4 Å². The van der Waals surface area contributed by atoms with Crippen LogP contribution in [0, 0.1) is 6.92 Å². The molecule has 0 atom stereocenters. The number of carbonyl (C=O) groups is 1. The van der Waals surface area contributed by atoms with E-state index in [9.17, 15) is 4.79 Å². The summed E-state index contributed by atoms with van der Waals surface area (Å²) in [6.45, 7) is 1.89. The van der Waals surface area contributed by atoms with Crippen LogP contribution in [-0.4, -0.2) is 17.3 Å². The molecule has 0 aliphatic heterocycles. The first-order valence-electron chi connectivity index (χ1n) is 5.21. The third-order valence-electron chi connectivity index (χ3n) is 2.93. The number of halogens is 2. The number of aryl methyl sites for hydroxylation is 1. The smallest absolute Gasteiger partial charge is 0.252 e. The Hall–Kier alpha value is -0.730. The summed E-state index contributed by atoms with van der Waals surface area (Å²) in [6.07, 6.45) is 1.92. The van der Waals surface area contributed by atoms with Gasteiger partial charge in [-0.25, -0.2) is 0 Å². The Kier molecular flexibility index (Phi) is 3.13. The molecule has 0 unspecified atom stereocenters. The van der Waals surface area contributed by atoms with Crippen LogP contribution < -0.4 is 5.32 Å². The summed E-state index contributed by atoms with van der Waals surface area (Å²) in [5.41, 5.74) is 1.38. The molecule has 0 aromatic heterocycles. The standard InChI is InChI=1S/C12H13Cl2NO/c1-8-2-3-9(14)6-10(8)11(16)15-12(7-13)4-5-12/h2-3,6H,4-5,7H2,1H3,(H,15,16). The zero-order valence-corrected chi connectivity index (χ0v) is 10.5. The monoisotopic (exact) mass is 257 g/mol. The lowest BCUT2D eigenvalue weighted by Crippen LogP contribution is -2.38.